The minimum absolute atomic E-state index is 0.0551. The minimum atomic E-state index is -3.48. The standard InChI is InChI=1S/C11H10ClN3O2S.C11H11N3O4S.C11H11N3O2S.C11H11N3O2.C10H9N3O3S.C8H9ClN2O2S.C8H11N3O2S.C7H12O4.C6H9N3OS.C6H7N3OS/c1-3-17-10(16)7-4-6-5-13-11(18-2)15-9(6)14-8(7)12;1-3-18-10(15)8-4-7-5-13-11(19(2,16)17)14-9(7)12-6-8;1-3-16-10(15)8-4-7-5-13-11(17-2)14-9(7)12-6-8;1-3-16-11(15)9-4-8-5-12-7(2)14-10(8)13-6-9;1-16-9(15)6-3-5-4-11-10(17-2)13-7(5)12-8(6)14;2*1-3-13-7(12)5-4-10-8(14-2)11-6(5)9;1-3-10-6(8)5-7(9)11-4-2;2*1-11-6-8-2-4(3-10)5(7)9-6/h4-5H,3H2,1-2H3;4-6H,3H2,1-2H3;4-6H,3H2,1-2H3;4-6H,3H2,1-2H3;3-4H,1-2H3,(H,11,12,13,14);4H,3H2,1-2H3;4H,3H2,1-2H3,(H2,9,10,11);3-5H2,1-2H3;2,10H,3H2,1H3,(H2,7,8,9);2-3H,1H3,(H2,7,8,9). The Morgan fingerprint density at radius 1 is 0.372 bits per heavy atom. The van der Waals surface area contributed by atoms with Crippen molar-refractivity contribution in [1.29, 1.82) is 0 Å². The number of carbonyl (C=O) groups is 10. The number of rotatable bonds is 27. The number of aryl methyl sites for hydroxylation is 1. The summed E-state index contributed by atoms with van der Waals surface area (Å²) in [6.45, 7) is 17.9. The minimum Gasteiger partial charge on any atom is -0.466 e. The van der Waals surface area contributed by atoms with Gasteiger partial charge in [0, 0.05) is 113 Å². The molecule has 0 fully saturated rings. The van der Waals surface area contributed by atoms with Crippen molar-refractivity contribution in [1.82, 2.24) is 115 Å². The van der Waals surface area contributed by atoms with Crippen molar-refractivity contribution in [3.63, 3.8) is 0 Å². The SMILES string of the molecule is CCOC(=O)CC(=O)OCC.CCOC(=O)c1cc2cnc(SC)nc2nc1Cl.CCOC(=O)c1cnc(SC)nc1Cl.CCOC(=O)c1cnc(SC)nc1N.CCOC(=O)c1cnc2nc(C)ncc2c1.CCOC(=O)c1cnc2nc(S(C)(=O)=O)ncc2c1.CCOC(=O)c1cnc2nc(SC)ncc2c1.COC(=O)c1cc2cnc(SC)nc2[nH]c1=O.CSc1ncc(C=O)c(N)n1.CSc1ncc(CO)c(N)n1. The van der Waals surface area contributed by atoms with Gasteiger partial charge in [-0.25, -0.2) is 147 Å². The van der Waals surface area contributed by atoms with Crippen LogP contribution in [0, 0.1) is 6.92 Å². The molecular weight excluding hydrogens is 2130 g/mol. The summed E-state index contributed by atoms with van der Waals surface area (Å²) in [7, 11) is -2.26. The number of anilines is 3. The van der Waals surface area contributed by atoms with Gasteiger partial charge in [0.15, 0.2) is 65.0 Å². The van der Waals surface area contributed by atoms with E-state index in [0.717, 1.165) is 17.0 Å². The molecule has 14 heterocycles. The number of fused-ring (bicyclic) bond motifs is 5. The van der Waals surface area contributed by atoms with Crippen LogP contribution < -0.4 is 22.8 Å². The van der Waals surface area contributed by atoms with Crippen molar-refractivity contribution in [2.45, 2.75) is 117 Å². The number of aldehydes is 1. The molecule has 14 aromatic heterocycles. The van der Waals surface area contributed by atoms with Gasteiger partial charge in [-0.2, -0.15) is 4.98 Å². The number of carbonyl (C=O) groups excluding carboxylic acids is 10. The summed E-state index contributed by atoms with van der Waals surface area (Å²) < 4.78 is 65.2. The lowest BCUT2D eigenvalue weighted by Crippen LogP contribution is -2.19. The van der Waals surface area contributed by atoms with E-state index in [1.165, 1.54) is 151 Å². The summed E-state index contributed by atoms with van der Waals surface area (Å²) in [6, 6.07) is 7.88. The molecule has 0 spiro atoms. The van der Waals surface area contributed by atoms with E-state index in [1.807, 2.05) is 43.8 Å². The Bertz CT molecular complexity index is 7060. The first-order valence-corrected chi connectivity index (χ1v) is 54.0. The maximum Gasteiger partial charge on any atom is 0.343 e. The molecule has 0 atom stereocenters. The average molecular weight is 2230 g/mol. The zero-order chi connectivity index (χ0) is 110. The van der Waals surface area contributed by atoms with Gasteiger partial charge in [0.25, 0.3) is 5.56 Å². The number of aliphatic hydroxyl groups excluding tert-OH is 1. The van der Waals surface area contributed by atoms with Crippen LogP contribution in [0.15, 0.2) is 151 Å². The quantitative estimate of drug-likeness (QED) is 0.00466. The number of halogens is 2. The largest absolute Gasteiger partial charge is 0.466 e. The Hall–Kier alpha value is -14.2. The van der Waals surface area contributed by atoms with Crippen LogP contribution in [0.5, 0.6) is 0 Å². The van der Waals surface area contributed by atoms with Crippen molar-refractivity contribution in [3.05, 3.63) is 181 Å². The summed E-state index contributed by atoms with van der Waals surface area (Å²) in [6.07, 6.45) is 32.1. The molecule has 59 heteroatoms. The Morgan fingerprint density at radius 2 is 0.723 bits per heavy atom. The molecule has 148 heavy (non-hydrogen) atoms. The number of pyridine rings is 5. The molecule has 0 amide bonds. The van der Waals surface area contributed by atoms with E-state index in [4.69, 9.17) is 73.9 Å². The zero-order valence-corrected chi connectivity index (χ0v) is 90.5. The van der Waals surface area contributed by atoms with E-state index < -0.39 is 57.2 Å². The molecule has 49 nitrogen and oxygen atoms in total. The summed E-state index contributed by atoms with van der Waals surface area (Å²) in [5.74, 6) is -3.08. The summed E-state index contributed by atoms with van der Waals surface area (Å²) in [4.78, 5) is 214. The number of thioether (sulfide) groups is 7. The molecule has 0 aromatic carbocycles. The molecule has 0 aliphatic rings. The third-order valence-electron chi connectivity index (χ3n) is 16.9. The number of aromatic nitrogens is 23. The van der Waals surface area contributed by atoms with Gasteiger partial charge >= 0.3 is 53.7 Å². The number of hydrogen-bond acceptors (Lipinski definition) is 55. The molecule has 8 N–H and O–H groups in total. The van der Waals surface area contributed by atoms with E-state index in [-0.39, 0.29) is 112 Å². The second-order valence-electron chi connectivity index (χ2n) is 26.9. The van der Waals surface area contributed by atoms with Crippen molar-refractivity contribution < 1.29 is 104 Å². The van der Waals surface area contributed by atoms with Crippen LogP contribution in [0.3, 0.4) is 0 Å². The fourth-order valence-corrected chi connectivity index (χ4v) is 13.5. The number of nitrogens with two attached hydrogens (primary N) is 3. The number of ether oxygens (including phenoxy) is 9. The lowest BCUT2D eigenvalue weighted by atomic mass is 10.2. The third-order valence-corrected chi connectivity index (χ3v) is 22.3. The number of methoxy groups -OCH3 is 1. The Morgan fingerprint density at radius 3 is 1.15 bits per heavy atom. The molecule has 0 saturated heterocycles. The van der Waals surface area contributed by atoms with E-state index in [2.05, 4.69) is 129 Å². The van der Waals surface area contributed by atoms with Gasteiger partial charge in [-0.1, -0.05) is 106 Å². The first kappa shape index (κ1) is 124. The monoisotopic (exact) mass is 2230 g/mol. The van der Waals surface area contributed by atoms with Crippen LogP contribution in [-0.4, -0.2) is 298 Å². The topological polar surface area (TPSA) is 703 Å². The summed E-state index contributed by atoms with van der Waals surface area (Å²) in [5.41, 5.74) is 20.8. The number of aliphatic hydroxyl groups is 1. The molecular formula is C89H100Cl2N26O23S8. The van der Waals surface area contributed by atoms with Crippen LogP contribution in [0.1, 0.15) is 156 Å². The van der Waals surface area contributed by atoms with Crippen LogP contribution in [-0.2, 0) is 68.7 Å². The molecule has 14 aromatic rings. The number of nitrogens with zero attached hydrogens (tertiary/aromatic N) is 22. The number of H-pyrrole nitrogens is 1. The lowest BCUT2D eigenvalue weighted by molar-refractivity contribution is -0.154. The Balaban J connectivity index is 0.000000291. The maximum absolute atomic E-state index is 11.6. The van der Waals surface area contributed by atoms with Gasteiger partial charge < -0.3 is 69.9 Å². The van der Waals surface area contributed by atoms with Crippen LogP contribution in [0.2, 0.25) is 10.3 Å². The first-order valence-electron chi connectivity index (χ1n) is 42.7. The van der Waals surface area contributed by atoms with Crippen LogP contribution >= 0.6 is 106 Å². The number of nitrogen functional groups attached to an aromatic ring is 3. The van der Waals surface area contributed by atoms with Gasteiger partial charge in [-0.05, 0) is 136 Å². The second-order valence-corrected chi connectivity index (χ2v) is 35.0. The van der Waals surface area contributed by atoms with E-state index in [9.17, 15) is 61.2 Å². The zero-order valence-electron chi connectivity index (χ0n) is 82.5. The second kappa shape index (κ2) is 65.4. The van der Waals surface area contributed by atoms with Gasteiger partial charge in [-0.15, -0.1) is 0 Å². The highest BCUT2D eigenvalue weighted by atomic mass is 35.5. The smallest absolute Gasteiger partial charge is 0.343 e. The van der Waals surface area contributed by atoms with Gasteiger partial charge in [0.2, 0.25) is 15.0 Å². The molecule has 0 bridgehead atoms. The highest BCUT2D eigenvalue weighted by Gasteiger charge is 2.22. The number of esters is 9. The van der Waals surface area contributed by atoms with E-state index >= 15 is 0 Å². The third kappa shape index (κ3) is 40.6. The van der Waals surface area contributed by atoms with Crippen molar-refractivity contribution in [2.24, 2.45) is 0 Å². The number of nitrogens with one attached hydrogen (secondary N) is 1. The Kier molecular flexibility index (Phi) is 54.9. The fraction of sp³-hybridized carbons (Fsp3) is 0.315. The predicted molar refractivity (Wildman–Crippen MR) is 557 cm³/mol. The first-order chi connectivity index (χ1) is 70.8. The maximum atomic E-state index is 11.6. The normalized spacial score (nSPS) is 10.3. The number of hydrogen-bond donors (Lipinski definition) is 5. The van der Waals surface area contributed by atoms with Crippen molar-refractivity contribution in [2.75, 3.05) is 127 Å². The van der Waals surface area contributed by atoms with Crippen LogP contribution in [0.4, 0.5) is 17.5 Å². The fourth-order valence-electron chi connectivity index (χ4n) is 10.2. The number of aromatic amines is 1. The molecule has 786 valence electrons. The van der Waals surface area contributed by atoms with E-state index in [0.29, 0.717) is 141 Å². The molecule has 14 rings (SSSR count). The summed E-state index contributed by atoms with van der Waals surface area (Å²) in [5, 5.41) is 15.9. The molecule has 0 aliphatic heterocycles. The van der Waals surface area contributed by atoms with Gasteiger partial charge in [-0.3, -0.25) is 19.2 Å². The van der Waals surface area contributed by atoms with Gasteiger partial charge in [0.1, 0.15) is 62.3 Å². The average Bonchev–Trinajstić information content (AvgIpc) is 0.817. The summed E-state index contributed by atoms with van der Waals surface area (Å²) >= 11 is 21.5. The van der Waals surface area contributed by atoms with Crippen molar-refractivity contribution >= 4 is 248 Å². The molecule has 0 saturated carbocycles. The predicted octanol–water partition coefficient (Wildman–Crippen LogP) is 11.8. The Labute approximate surface area is 885 Å². The molecule has 0 unspecified atom stereocenters. The molecule has 0 radical (unpaired) electrons. The highest BCUT2D eigenvalue weighted by Crippen LogP contribution is 2.25. The molecule has 0 aliphatic carbocycles. The van der Waals surface area contributed by atoms with Crippen LogP contribution in [0.25, 0.3) is 55.2 Å². The van der Waals surface area contributed by atoms with Crippen molar-refractivity contribution in [3.8, 4) is 0 Å². The lowest BCUT2D eigenvalue weighted by Gasteiger charge is -2.05. The van der Waals surface area contributed by atoms with E-state index in [1.54, 1.807) is 105 Å². The highest BCUT2D eigenvalue weighted by molar-refractivity contribution is 7.99. The van der Waals surface area contributed by atoms with Gasteiger partial charge in [0.05, 0.1) is 94.4 Å². The number of sulfone groups is 1.